The fraction of sp³-hybridized carbons (Fsp3) is 0.750. The van der Waals surface area contributed by atoms with Crippen molar-refractivity contribution >= 4 is 12.0 Å². The standard InChI is InChI=1S/C16H26N6O4/c1-20-4-2-12(3-5-20)10-21-6-8-22(9-7-21)15(23)14-19-18-13(26-14)11-25-16(17)24/h12H,2-11H2,1H3,(H2,17,24). The van der Waals surface area contributed by atoms with Crippen molar-refractivity contribution in [2.45, 2.75) is 19.4 Å². The number of carbonyl (C=O) groups is 2. The summed E-state index contributed by atoms with van der Waals surface area (Å²) in [4.78, 5) is 29.6. The number of aromatic nitrogens is 2. The van der Waals surface area contributed by atoms with Gasteiger partial charge in [0.15, 0.2) is 6.61 Å². The monoisotopic (exact) mass is 366 g/mol. The maximum atomic E-state index is 12.5. The van der Waals surface area contributed by atoms with Gasteiger partial charge in [-0.3, -0.25) is 9.69 Å². The predicted octanol–water partition coefficient (Wildman–Crippen LogP) is -0.235. The van der Waals surface area contributed by atoms with Gasteiger partial charge in [0.05, 0.1) is 0 Å². The van der Waals surface area contributed by atoms with Crippen LogP contribution in [0.25, 0.3) is 0 Å². The van der Waals surface area contributed by atoms with Crippen LogP contribution in [0.5, 0.6) is 0 Å². The number of piperidine rings is 1. The Kier molecular flexibility index (Phi) is 6.04. The second kappa shape index (κ2) is 8.45. The van der Waals surface area contributed by atoms with Gasteiger partial charge in [0, 0.05) is 32.7 Å². The van der Waals surface area contributed by atoms with Crippen molar-refractivity contribution in [3.05, 3.63) is 11.8 Å². The average molecular weight is 366 g/mol. The Hall–Kier alpha value is -2.20. The van der Waals surface area contributed by atoms with Crippen LogP contribution in [0.1, 0.15) is 29.4 Å². The van der Waals surface area contributed by atoms with Gasteiger partial charge in [-0.2, -0.15) is 0 Å². The van der Waals surface area contributed by atoms with E-state index in [1.165, 1.54) is 25.9 Å². The summed E-state index contributed by atoms with van der Waals surface area (Å²) < 4.78 is 9.81. The van der Waals surface area contributed by atoms with Gasteiger partial charge in [0.1, 0.15) is 0 Å². The number of hydrogen-bond acceptors (Lipinski definition) is 8. The summed E-state index contributed by atoms with van der Waals surface area (Å²) in [6.07, 6.45) is 1.55. The first kappa shape index (κ1) is 18.6. The Balaban J connectivity index is 1.44. The number of ether oxygens (including phenoxy) is 1. The van der Waals surface area contributed by atoms with Crippen LogP contribution in [0.3, 0.4) is 0 Å². The number of hydrogen-bond donors (Lipinski definition) is 1. The molecule has 10 nitrogen and oxygen atoms in total. The number of amides is 2. The van der Waals surface area contributed by atoms with Gasteiger partial charge in [-0.1, -0.05) is 0 Å². The van der Waals surface area contributed by atoms with Crippen molar-refractivity contribution in [1.82, 2.24) is 24.9 Å². The summed E-state index contributed by atoms with van der Waals surface area (Å²) in [7, 11) is 2.17. The zero-order chi connectivity index (χ0) is 18.5. The van der Waals surface area contributed by atoms with E-state index in [4.69, 9.17) is 10.2 Å². The molecular weight excluding hydrogens is 340 g/mol. The topological polar surface area (TPSA) is 118 Å². The van der Waals surface area contributed by atoms with Crippen molar-refractivity contribution in [3.8, 4) is 0 Å². The molecule has 0 bridgehead atoms. The minimum Gasteiger partial charge on any atom is -0.440 e. The highest BCUT2D eigenvalue weighted by Crippen LogP contribution is 2.18. The molecule has 0 saturated carbocycles. The molecule has 3 rings (SSSR count). The number of likely N-dealkylation sites (tertiary alicyclic amines) is 1. The molecule has 2 amide bonds. The lowest BCUT2D eigenvalue weighted by Crippen LogP contribution is -2.50. The van der Waals surface area contributed by atoms with Crippen LogP contribution < -0.4 is 5.73 Å². The maximum Gasteiger partial charge on any atom is 0.405 e. The summed E-state index contributed by atoms with van der Waals surface area (Å²) >= 11 is 0. The van der Waals surface area contributed by atoms with Crippen molar-refractivity contribution < 1.29 is 18.7 Å². The zero-order valence-corrected chi connectivity index (χ0v) is 15.1. The first-order valence-electron chi connectivity index (χ1n) is 8.96. The van der Waals surface area contributed by atoms with Gasteiger partial charge in [0.2, 0.25) is 0 Å². The van der Waals surface area contributed by atoms with Crippen LogP contribution in [0.15, 0.2) is 4.42 Å². The lowest BCUT2D eigenvalue weighted by atomic mass is 9.96. The molecule has 2 aliphatic heterocycles. The molecule has 10 heteroatoms. The van der Waals surface area contributed by atoms with Crippen LogP contribution in [0.4, 0.5) is 4.79 Å². The normalized spacial score (nSPS) is 20.3. The molecule has 2 aliphatic rings. The third kappa shape index (κ3) is 4.92. The molecule has 1 aromatic rings. The number of carbonyl (C=O) groups excluding carboxylic acids is 2. The minimum atomic E-state index is -0.934. The molecule has 1 aromatic heterocycles. The fourth-order valence-electron chi connectivity index (χ4n) is 3.41. The Morgan fingerprint density at radius 1 is 1.15 bits per heavy atom. The van der Waals surface area contributed by atoms with E-state index in [0.29, 0.717) is 13.1 Å². The molecule has 26 heavy (non-hydrogen) atoms. The SMILES string of the molecule is CN1CCC(CN2CCN(C(=O)c3nnc(COC(N)=O)o3)CC2)CC1. The van der Waals surface area contributed by atoms with Crippen molar-refractivity contribution in [2.24, 2.45) is 11.7 Å². The van der Waals surface area contributed by atoms with E-state index in [-0.39, 0.29) is 24.3 Å². The van der Waals surface area contributed by atoms with Gasteiger partial charge in [0.25, 0.3) is 5.89 Å². The van der Waals surface area contributed by atoms with Crippen molar-refractivity contribution in [3.63, 3.8) is 0 Å². The molecule has 144 valence electrons. The van der Waals surface area contributed by atoms with E-state index in [1.54, 1.807) is 4.90 Å². The highest BCUT2D eigenvalue weighted by molar-refractivity contribution is 5.89. The van der Waals surface area contributed by atoms with Gasteiger partial charge < -0.3 is 24.7 Å². The van der Waals surface area contributed by atoms with E-state index in [1.807, 2.05) is 0 Å². The summed E-state index contributed by atoms with van der Waals surface area (Å²) in [6, 6.07) is 0. The molecule has 0 aromatic carbocycles. The summed E-state index contributed by atoms with van der Waals surface area (Å²) in [5, 5.41) is 7.42. The van der Waals surface area contributed by atoms with Crippen LogP contribution in [-0.2, 0) is 11.3 Å². The number of nitrogens with zero attached hydrogens (tertiary/aromatic N) is 5. The molecule has 3 heterocycles. The Morgan fingerprint density at radius 3 is 2.50 bits per heavy atom. The van der Waals surface area contributed by atoms with Gasteiger partial charge >= 0.3 is 17.9 Å². The largest absolute Gasteiger partial charge is 0.440 e. The zero-order valence-electron chi connectivity index (χ0n) is 15.1. The maximum absolute atomic E-state index is 12.5. The number of primary amides is 1. The molecule has 2 fully saturated rings. The van der Waals surface area contributed by atoms with E-state index >= 15 is 0 Å². The molecule has 0 aliphatic carbocycles. The molecular formula is C16H26N6O4. The summed E-state index contributed by atoms with van der Waals surface area (Å²) in [5.41, 5.74) is 4.88. The van der Waals surface area contributed by atoms with Crippen LogP contribution in [-0.4, -0.2) is 89.8 Å². The van der Waals surface area contributed by atoms with E-state index in [0.717, 1.165) is 25.6 Å². The first-order chi connectivity index (χ1) is 12.5. The predicted molar refractivity (Wildman–Crippen MR) is 91.2 cm³/mol. The number of piperazine rings is 1. The first-order valence-corrected chi connectivity index (χ1v) is 8.96. The van der Waals surface area contributed by atoms with Gasteiger partial charge in [-0.25, -0.2) is 4.79 Å². The highest BCUT2D eigenvalue weighted by atomic mass is 16.6. The third-order valence-corrected chi connectivity index (χ3v) is 5.00. The Labute approximate surface area is 152 Å². The number of rotatable bonds is 5. The summed E-state index contributed by atoms with van der Waals surface area (Å²) in [5.74, 6) is 0.420. The lowest BCUT2D eigenvalue weighted by molar-refractivity contribution is 0.0554. The third-order valence-electron chi connectivity index (χ3n) is 5.00. The van der Waals surface area contributed by atoms with E-state index in [9.17, 15) is 9.59 Å². The van der Waals surface area contributed by atoms with Crippen LogP contribution >= 0.6 is 0 Å². The molecule has 2 saturated heterocycles. The summed E-state index contributed by atoms with van der Waals surface area (Å²) in [6.45, 7) is 6.19. The lowest BCUT2D eigenvalue weighted by Gasteiger charge is -2.37. The quantitative estimate of drug-likeness (QED) is 0.759. The molecule has 0 spiro atoms. The average Bonchev–Trinajstić information content (AvgIpc) is 3.11. The second-order valence-electron chi connectivity index (χ2n) is 6.95. The second-order valence-corrected chi connectivity index (χ2v) is 6.95. The van der Waals surface area contributed by atoms with Gasteiger partial charge in [-0.05, 0) is 38.9 Å². The minimum absolute atomic E-state index is 0.0491. The van der Waals surface area contributed by atoms with E-state index in [2.05, 4.69) is 31.8 Å². The Bertz CT molecular complexity index is 620. The Morgan fingerprint density at radius 2 is 1.85 bits per heavy atom. The number of nitrogens with two attached hydrogens (primary N) is 1. The van der Waals surface area contributed by atoms with Gasteiger partial charge in [-0.15, -0.1) is 10.2 Å². The highest BCUT2D eigenvalue weighted by Gasteiger charge is 2.27. The molecule has 2 N–H and O–H groups in total. The van der Waals surface area contributed by atoms with Crippen molar-refractivity contribution in [1.29, 1.82) is 0 Å². The van der Waals surface area contributed by atoms with E-state index < -0.39 is 6.09 Å². The fourth-order valence-corrected chi connectivity index (χ4v) is 3.41. The molecule has 0 radical (unpaired) electrons. The van der Waals surface area contributed by atoms with Crippen LogP contribution in [0, 0.1) is 5.92 Å². The molecule has 0 unspecified atom stereocenters. The van der Waals surface area contributed by atoms with Crippen molar-refractivity contribution in [2.75, 3.05) is 52.9 Å². The smallest absolute Gasteiger partial charge is 0.405 e. The van der Waals surface area contributed by atoms with Crippen LogP contribution in [0.2, 0.25) is 0 Å². The molecule has 0 atom stereocenters.